The van der Waals surface area contributed by atoms with Gasteiger partial charge in [0.1, 0.15) is 11.2 Å². The Morgan fingerprint density at radius 1 is 0.509 bits per heavy atom. The van der Waals surface area contributed by atoms with Crippen LogP contribution in [0.5, 0.6) is 23.0 Å². The second-order valence-electron chi connectivity index (χ2n) is 14.9. The SMILES string of the molecule is C=CC(=C)N(c1cccc(-c2cccc3oc4ccccc4c23)c1)c1ccc2c(c1)Oc1c(ccc3c1-c1ccccc1C31c3ccccc3-c3ccccc31)O2. The number of anilines is 2. The molecule has 57 heavy (non-hydrogen) atoms. The molecule has 0 saturated carbocycles. The van der Waals surface area contributed by atoms with Crippen molar-refractivity contribution in [2.24, 2.45) is 0 Å². The van der Waals surface area contributed by atoms with E-state index in [0.717, 1.165) is 67.0 Å². The topological polar surface area (TPSA) is 34.8 Å². The number of allylic oxidation sites excluding steroid dienone is 1. The van der Waals surface area contributed by atoms with Crippen LogP contribution in [-0.4, -0.2) is 0 Å². The molecule has 0 N–H and O–H groups in total. The summed E-state index contributed by atoms with van der Waals surface area (Å²) in [6, 6.07) is 59.7. The molecular formula is C53H33NO3. The summed E-state index contributed by atoms with van der Waals surface area (Å²) in [5.74, 6) is 2.70. The van der Waals surface area contributed by atoms with Gasteiger partial charge in [0.2, 0.25) is 0 Å². The van der Waals surface area contributed by atoms with Gasteiger partial charge in [0.25, 0.3) is 0 Å². The van der Waals surface area contributed by atoms with Crippen LogP contribution in [0.25, 0.3) is 55.3 Å². The fourth-order valence-electron chi connectivity index (χ4n) is 9.74. The zero-order chi connectivity index (χ0) is 37.8. The highest BCUT2D eigenvalue weighted by atomic mass is 16.6. The zero-order valence-corrected chi connectivity index (χ0v) is 30.8. The first-order valence-electron chi connectivity index (χ1n) is 19.2. The standard InChI is InChI=1S/C53H33NO3/c1-3-32(2)54(34-15-12-14-33(30-34)36-20-13-25-47-50(36)40-19-7-11-24-45(40)55-47)35-26-28-46-49(31-35)57-52-48(56-46)29-27-44-51(52)39-18-6-10-23-43(39)53(44)41-21-8-4-16-37(41)38-17-5-9-22-42(38)53/h3-31H,1-2H2. The summed E-state index contributed by atoms with van der Waals surface area (Å²) in [6.07, 6.45) is 1.78. The molecule has 0 bridgehead atoms. The van der Waals surface area contributed by atoms with Crippen LogP contribution in [0.3, 0.4) is 0 Å². The smallest absolute Gasteiger partial charge is 0.178 e. The minimum absolute atomic E-state index is 0.476. The van der Waals surface area contributed by atoms with Crippen LogP contribution < -0.4 is 14.4 Å². The molecule has 1 spiro atoms. The van der Waals surface area contributed by atoms with Gasteiger partial charge in [0, 0.05) is 33.8 Å². The van der Waals surface area contributed by atoms with Crippen molar-refractivity contribution >= 4 is 33.3 Å². The first-order chi connectivity index (χ1) is 28.1. The quantitative estimate of drug-likeness (QED) is 0.165. The number of benzene rings is 8. The van der Waals surface area contributed by atoms with Crippen molar-refractivity contribution in [2.45, 2.75) is 5.41 Å². The van der Waals surface area contributed by atoms with Crippen LogP contribution >= 0.6 is 0 Å². The summed E-state index contributed by atoms with van der Waals surface area (Å²) in [7, 11) is 0. The number of nitrogens with zero attached hydrogens (tertiary/aromatic N) is 1. The maximum absolute atomic E-state index is 7.05. The third-order valence-corrected chi connectivity index (χ3v) is 12.0. The molecule has 2 heterocycles. The maximum Gasteiger partial charge on any atom is 0.178 e. The monoisotopic (exact) mass is 731 g/mol. The average Bonchev–Trinajstić information content (AvgIpc) is 3.90. The Hall–Kier alpha value is -7.56. The highest BCUT2D eigenvalue weighted by molar-refractivity contribution is 6.12. The Balaban J connectivity index is 0.987. The van der Waals surface area contributed by atoms with E-state index in [0.29, 0.717) is 17.2 Å². The number of hydrogen-bond acceptors (Lipinski definition) is 4. The van der Waals surface area contributed by atoms with Gasteiger partial charge in [-0.05, 0) is 98.6 Å². The number of ether oxygens (including phenoxy) is 2. The van der Waals surface area contributed by atoms with Gasteiger partial charge in [-0.3, -0.25) is 0 Å². The Bertz CT molecular complexity index is 3160. The normalized spacial score (nSPS) is 13.5. The molecule has 4 heteroatoms. The molecule has 0 atom stereocenters. The molecule has 2 aliphatic carbocycles. The van der Waals surface area contributed by atoms with Crippen molar-refractivity contribution in [1.29, 1.82) is 0 Å². The lowest BCUT2D eigenvalue weighted by Crippen LogP contribution is -2.25. The molecule has 9 aromatic rings. The predicted octanol–water partition coefficient (Wildman–Crippen LogP) is 14.3. The van der Waals surface area contributed by atoms with Crippen molar-refractivity contribution < 1.29 is 13.9 Å². The maximum atomic E-state index is 7.05. The van der Waals surface area contributed by atoms with Crippen LogP contribution in [0.15, 0.2) is 199 Å². The highest BCUT2D eigenvalue weighted by Gasteiger charge is 2.53. The number of rotatable bonds is 5. The van der Waals surface area contributed by atoms with Gasteiger partial charge >= 0.3 is 0 Å². The number of fused-ring (bicyclic) bond motifs is 16. The number of hydrogen-bond donors (Lipinski definition) is 0. The van der Waals surface area contributed by atoms with E-state index >= 15 is 0 Å². The van der Waals surface area contributed by atoms with E-state index in [1.807, 2.05) is 42.5 Å². The lowest BCUT2D eigenvalue weighted by atomic mass is 9.70. The second-order valence-corrected chi connectivity index (χ2v) is 14.9. The fourth-order valence-corrected chi connectivity index (χ4v) is 9.74. The van der Waals surface area contributed by atoms with E-state index in [1.54, 1.807) is 6.08 Å². The van der Waals surface area contributed by atoms with E-state index in [4.69, 9.17) is 13.9 Å². The van der Waals surface area contributed by atoms with Crippen LogP contribution in [-0.2, 0) is 5.41 Å². The largest absolute Gasteiger partial charge is 0.456 e. The van der Waals surface area contributed by atoms with E-state index in [-0.39, 0.29) is 0 Å². The molecular weight excluding hydrogens is 699 g/mol. The third-order valence-electron chi connectivity index (χ3n) is 12.0. The summed E-state index contributed by atoms with van der Waals surface area (Å²) in [6.45, 7) is 8.55. The fraction of sp³-hybridized carbons (Fsp3) is 0.0189. The molecule has 4 nitrogen and oxygen atoms in total. The van der Waals surface area contributed by atoms with Crippen molar-refractivity contribution in [2.75, 3.05) is 4.90 Å². The van der Waals surface area contributed by atoms with Crippen molar-refractivity contribution in [3.8, 4) is 56.4 Å². The first-order valence-corrected chi connectivity index (χ1v) is 19.2. The molecule has 0 amide bonds. The molecule has 0 fully saturated rings. The van der Waals surface area contributed by atoms with Gasteiger partial charge in [-0.25, -0.2) is 0 Å². The number of furan rings is 1. The summed E-state index contributed by atoms with van der Waals surface area (Å²) in [5.41, 5.74) is 15.7. The highest BCUT2D eigenvalue weighted by Crippen LogP contribution is 2.66. The van der Waals surface area contributed by atoms with Crippen molar-refractivity contribution in [3.63, 3.8) is 0 Å². The average molecular weight is 732 g/mol. The van der Waals surface area contributed by atoms with Crippen molar-refractivity contribution in [3.05, 3.63) is 217 Å². The van der Waals surface area contributed by atoms with Gasteiger partial charge in [-0.2, -0.15) is 0 Å². The Morgan fingerprint density at radius 3 is 1.93 bits per heavy atom. The molecule has 1 aromatic heterocycles. The molecule has 0 radical (unpaired) electrons. The minimum atomic E-state index is -0.476. The Kier molecular flexibility index (Phi) is 6.53. The van der Waals surface area contributed by atoms with E-state index in [2.05, 4.69) is 145 Å². The van der Waals surface area contributed by atoms with Gasteiger partial charge in [0.05, 0.1) is 11.1 Å². The first kappa shape index (κ1) is 31.8. The molecule has 3 aliphatic rings. The van der Waals surface area contributed by atoms with E-state index < -0.39 is 5.41 Å². The summed E-state index contributed by atoms with van der Waals surface area (Å²) < 4.78 is 20.0. The van der Waals surface area contributed by atoms with Crippen LogP contribution in [0, 0.1) is 0 Å². The van der Waals surface area contributed by atoms with Gasteiger partial charge < -0.3 is 18.8 Å². The second kappa shape index (κ2) is 11.7. The molecule has 268 valence electrons. The van der Waals surface area contributed by atoms with Crippen LogP contribution in [0.4, 0.5) is 11.4 Å². The Labute approximate surface area is 329 Å². The predicted molar refractivity (Wildman–Crippen MR) is 230 cm³/mol. The van der Waals surface area contributed by atoms with E-state index in [9.17, 15) is 0 Å². The molecule has 8 aromatic carbocycles. The van der Waals surface area contributed by atoms with Crippen molar-refractivity contribution in [1.82, 2.24) is 0 Å². The molecule has 0 saturated heterocycles. The van der Waals surface area contributed by atoms with Gasteiger partial charge in [0.15, 0.2) is 23.0 Å². The van der Waals surface area contributed by atoms with Gasteiger partial charge in [-0.15, -0.1) is 0 Å². The number of para-hydroxylation sites is 1. The van der Waals surface area contributed by atoms with Crippen LogP contribution in [0.1, 0.15) is 22.3 Å². The summed E-state index contributed by atoms with van der Waals surface area (Å²) in [4.78, 5) is 2.11. The molecule has 1 aliphatic heterocycles. The minimum Gasteiger partial charge on any atom is -0.456 e. The molecule has 0 unspecified atom stereocenters. The Morgan fingerprint density at radius 2 is 1.14 bits per heavy atom. The lowest BCUT2D eigenvalue weighted by molar-refractivity contribution is 0.360. The van der Waals surface area contributed by atoms with Gasteiger partial charge in [-0.1, -0.05) is 134 Å². The zero-order valence-electron chi connectivity index (χ0n) is 30.8. The summed E-state index contributed by atoms with van der Waals surface area (Å²) >= 11 is 0. The third kappa shape index (κ3) is 4.27. The lowest BCUT2D eigenvalue weighted by Gasteiger charge is -2.31. The van der Waals surface area contributed by atoms with E-state index in [1.165, 1.54) is 33.4 Å². The van der Waals surface area contributed by atoms with Crippen LogP contribution in [0.2, 0.25) is 0 Å². The summed E-state index contributed by atoms with van der Waals surface area (Å²) in [5, 5.41) is 2.19. The molecule has 12 rings (SSSR count).